The number of ether oxygens (including phenoxy) is 1. The summed E-state index contributed by atoms with van der Waals surface area (Å²) in [7, 11) is 1.72. The Labute approximate surface area is 91.4 Å². The van der Waals surface area contributed by atoms with Gasteiger partial charge in [-0.2, -0.15) is 5.10 Å². The topological polar surface area (TPSA) is 49.9 Å². The van der Waals surface area contributed by atoms with Crippen molar-refractivity contribution in [3.05, 3.63) is 17.5 Å². The van der Waals surface area contributed by atoms with Gasteiger partial charge >= 0.3 is 0 Å². The number of hydrogen-bond donors (Lipinski definition) is 2. The number of aromatic amines is 1. The average molecular weight is 211 g/mol. The van der Waals surface area contributed by atoms with Crippen molar-refractivity contribution >= 4 is 0 Å². The lowest BCUT2D eigenvalue weighted by Gasteiger charge is -2.29. The number of aryl methyl sites for hydroxylation is 1. The molecule has 0 saturated heterocycles. The van der Waals surface area contributed by atoms with E-state index >= 15 is 0 Å². The maximum absolute atomic E-state index is 5.17. The van der Waals surface area contributed by atoms with E-state index in [1.165, 1.54) is 5.56 Å². The van der Waals surface area contributed by atoms with Crippen LogP contribution in [0.25, 0.3) is 0 Å². The smallest absolute Gasteiger partial charge is 0.0639 e. The Hall–Kier alpha value is -0.870. The van der Waals surface area contributed by atoms with E-state index in [1.807, 2.05) is 13.1 Å². The minimum absolute atomic E-state index is 0.0299. The second-order valence-electron chi connectivity index (χ2n) is 4.63. The van der Waals surface area contributed by atoms with Gasteiger partial charge < -0.3 is 10.1 Å². The lowest BCUT2D eigenvalue weighted by atomic mass is 10.0. The fourth-order valence-corrected chi connectivity index (χ4v) is 1.86. The summed E-state index contributed by atoms with van der Waals surface area (Å²) in [6.07, 6.45) is 1.87. The Balaban J connectivity index is 2.63. The van der Waals surface area contributed by atoms with Gasteiger partial charge in [0.05, 0.1) is 12.8 Å². The lowest BCUT2D eigenvalue weighted by molar-refractivity contribution is 0.122. The third-order valence-corrected chi connectivity index (χ3v) is 2.45. The van der Waals surface area contributed by atoms with E-state index in [4.69, 9.17) is 4.74 Å². The summed E-state index contributed by atoms with van der Waals surface area (Å²) in [5.41, 5.74) is 2.29. The molecule has 15 heavy (non-hydrogen) atoms. The van der Waals surface area contributed by atoms with Crippen LogP contribution in [0.15, 0.2) is 6.20 Å². The second kappa shape index (κ2) is 4.77. The predicted molar refractivity (Wildman–Crippen MR) is 60.8 cm³/mol. The van der Waals surface area contributed by atoms with Crippen molar-refractivity contribution in [2.45, 2.75) is 39.3 Å². The summed E-state index contributed by atoms with van der Waals surface area (Å²) < 4.78 is 5.17. The molecule has 0 radical (unpaired) electrons. The number of rotatable bonds is 5. The Morgan fingerprint density at radius 3 is 2.73 bits per heavy atom. The van der Waals surface area contributed by atoms with E-state index in [9.17, 15) is 0 Å². The Bertz CT molecular complexity index is 307. The molecule has 1 aromatic heterocycles. The lowest BCUT2D eigenvalue weighted by Crippen LogP contribution is -2.44. The third kappa shape index (κ3) is 3.32. The van der Waals surface area contributed by atoms with Gasteiger partial charge in [0.1, 0.15) is 0 Å². The molecule has 2 N–H and O–H groups in total. The molecule has 0 bridgehead atoms. The SMILES string of the molecule is COCC(C)(C)NC(C)c1cn[nH]c1C. The highest BCUT2D eigenvalue weighted by Gasteiger charge is 2.21. The van der Waals surface area contributed by atoms with Crippen LogP contribution < -0.4 is 5.32 Å². The van der Waals surface area contributed by atoms with Gasteiger partial charge in [0, 0.05) is 29.9 Å². The number of nitrogens with one attached hydrogen (secondary N) is 2. The molecule has 1 aromatic rings. The van der Waals surface area contributed by atoms with E-state index in [-0.39, 0.29) is 11.6 Å². The minimum atomic E-state index is -0.0299. The summed E-state index contributed by atoms with van der Waals surface area (Å²) in [5.74, 6) is 0. The Kier molecular flexibility index (Phi) is 3.88. The largest absolute Gasteiger partial charge is 0.383 e. The number of aromatic nitrogens is 2. The molecule has 4 heteroatoms. The first-order chi connectivity index (χ1) is 6.96. The van der Waals surface area contributed by atoms with E-state index in [0.717, 1.165) is 5.69 Å². The zero-order chi connectivity index (χ0) is 11.5. The van der Waals surface area contributed by atoms with Crippen LogP contribution in [0.1, 0.15) is 38.1 Å². The number of H-pyrrole nitrogens is 1. The number of hydrogen-bond acceptors (Lipinski definition) is 3. The molecule has 0 aliphatic rings. The highest BCUT2D eigenvalue weighted by atomic mass is 16.5. The highest BCUT2D eigenvalue weighted by molar-refractivity contribution is 5.18. The van der Waals surface area contributed by atoms with Crippen LogP contribution in [0.5, 0.6) is 0 Å². The van der Waals surface area contributed by atoms with Crippen molar-refractivity contribution in [3.8, 4) is 0 Å². The zero-order valence-electron chi connectivity index (χ0n) is 10.2. The molecule has 86 valence electrons. The van der Waals surface area contributed by atoms with Crippen molar-refractivity contribution in [2.75, 3.05) is 13.7 Å². The predicted octanol–water partition coefficient (Wildman–Crippen LogP) is 1.79. The summed E-state index contributed by atoms with van der Waals surface area (Å²) in [5, 5.41) is 10.5. The van der Waals surface area contributed by atoms with Crippen LogP contribution in [0.3, 0.4) is 0 Å². The highest BCUT2D eigenvalue weighted by Crippen LogP contribution is 2.18. The van der Waals surface area contributed by atoms with Crippen molar-refractivity contribution in [1.82, 2.24) is 15.5 Å². The van der Waals surface area contributed by atoms with Crippen LogP contribution in [-0.2, 0) is 4.74 Å². The quantitative estimate of drug-likeness (QED) is 0.780. The third-order valence-electron chi connectivity index (χ3n) is 2.45. The van der Waals surface area contributed by atoms with Gasteiger partial charge in [-0.05, 0) is 27.7 Å². The van der Waals surface area contributed by atoms with Gasteiger partial charge in [-0.3, -0.25) is 5.10 Å². The molecule has 1 unspecified atom stereocenters. The van der Waals surface area contributed by atoms with Crippen molar-refractivity contribution in [1.29, 1.82) is 0 Å². The average Bonchev–Trinajstić information content (AvgIpc) is 2.50. The summed E-state index contributed by atoms with van der Waals surface area (Å²) >= 11 is 0. The molecule has 1 rings (SSSR count). The molecule has 0 amide bonds. The monoisotopic (exact) mass is 211 g/mol. The van der Waals surface area contributed by atoms with E-state index < -0.39 is 0 Å². The van der Waals surface area contributed by atoms with Gasteiger partial charge in [0.15, 0.2) is 0 Å². The van der Waals surface area contributed by atoms with Crippen LogP contribution in [-0.4, -0.2) is 29.5 Å². The Morgan fingerprint density at radius 1 is 1.60 bits per heavy atom. The molecule has 0 fully saturated rings. The van der Waals surface area contributed by atoms with Crippen molar-refractivity contribution in [2.24, 2.45) is 0 Å². The van der Waals surface area contributed by atoms with E-state index in [0.29, 0.717) is 6.61 Å². The van der Waals surface area contributed by atoms with Gasteiger partial charge in [-0.1, -0.05) is 0 Å². The van der Waals surface area contributed by atoms with Crippen LogP contribution in [0.4, 0.5) is 0 Å². The molecule has 0 aliphatic carbocycles. The molecular formula is C11H21N3O. The molecule has 4 nitrogen and oxygen atoms in total. The standard InChI is InChI=1S/C11H21N3O/c1-8(10-6-12-14-9(10)2)13-11(3,4)7-15-5/h6,8,13H,7H2,1-5H3,(H,12,14). The summed E-state index contributed by atoms with van der Waals surface area (Å²) in [4.78, 5) is 0. The van der Waals surface area contributed by atoms with Gasteiger partial charge in [-0.15, -0.1) is 0 Å². The van der Waals surface area contributed by atoms with Crippen LogP contribution in [0.2, 0.25) is 0 Å². The summed E-state index contributed by atoms with van der Waals surface area (Å²) in [6, 6.07) is 0.272. The molecule has 1 heterocycles. The molecule has 0 spiro atoms. The second-order valence-corrected chi connectivity index (χ2v) is 4.63. The normalized spacial score (nSPS) is 14.2. The first kappa shape index (κ1) is 12.2. The molecule has 1 atom stereocenters. The van der Waals surface area contributed by atoms with E-state index in [1.54, 1.807) is 7.11 Å². The molecule has 0 aromatic carbocycles. The minimum Gasteiger partial charge on any atom is -0.383 e. The van der Waals surface area contributed by atoms with E-state index in [2.05, 4.69) is 36.3 Å². The number of methoxy groups -OCH3 is 1. The molecule has 0 aliphatic heterocycles. The number of nitrogens with zero attached hydrogens (tertiary/aromatic N) is 1. The zero-order valence-corrected chi connectivity index (χ0v) is 10.2. The Morgan fingerprint density at radius 2 is 2.27 bits per heavy atom. The van der Waals surface area contributed by atoms with Crippen LogP contribution >= 0.6 is 0 Å². The first-order valence-electron chi connectivity index (χ1n) is 5.23. The van der Waals surface area contributed by atoms with Gasteiger partial charge in [0.2, 0.25) is 0 Å². The van der Waals surface area contributed by atoms with Gasteiger partial charge in [0.25, 0.3) is 0 Å². The van der Waals surface area contributed by atoms with Crippen molar-refractivity contribution in [3.63, 3.8) is 0 Å². The maximum Gasteiger partial charge on any atom is 0.0639 e. The first-order valence-corrected chi connectivity index (χ1v) is 5.23. The molecule has 0 saturated carbocycles. The van der Waals surface area contributed by atoms with Crippen molar-refractivity contribution < 1.29 is 4.74 Å². The fraction of sp³-hybridized carbons (Fsp3) is 0.727. The van der Waals surface area contributed by atoms with Gasteiger partial charge in [-0.25, -0.2) is 0 Å². The fourth-order valence-electron chi connectivity index (χ4n) is 1.86. The van der Waals surface area contributed by atoms with Crippen LogP contribution in [0, 0.1) is 6.92 Å². The molecular weight excluding hydrogens is 190 g/mol. The summed E-state index contributed by atoms with van der Waals surface area (Å²) in [6.45, 7) is 9.11. The maximum atomic E-state index is 5.17.